The van der Waals surface area contributed by atoms with Crippen molar-refractivity contribution in [2.45, 2.75) is 13.8 Å². The number of hydrogen-bond acceptors (Lipinski definition) is 6. The first-order valence-corrected chi connectivity index (χ1v) is 6.37. The fraction of sp³-hybridized carbons (Fsp3) is 0.462. The van der Waals surface area contributed by atoms with E-state index in [9.17, 15) is 0 Å². The van der Waals surface area contributed by atoms with Gasteiger partial charge in [-0.3, -0.25) is 0 Å². The SMILES string of the molecule is Cn1ncc(-c2nccc(N)n2)c1OCC(C)(C)CN. The molecule has 0 aliphatic heterocycles. The van der Waals surface area contributed by atoms with Crippen LogP contribution in [0.3, 0.4) is 0 Å². The zero-order chi connectivity index (χ0) is 14.8. The van der Waals surface area contributed by atoms with E-state index in [4.69, 9.17) is 16.2 Å². The molecule has 0 aliphatic rings. The average Bonchev–Trinajstić information content (AvgIpc) is 2.78. The minimum Gasteiger partial charge on any atom is -0.477 e. The molecule has 0 bridgehead atoms. The molecule has 2 rings (SSSR count). The van der Waals surface area contributed by atoms with Gasteiger partial charge in [-0.15, -0.1) is 0 Å². The van der Waals surface area contributed by atoms with Gasteiger partial charge in [-0.25, -0.2) is 14.6 Å². The topological polar surface area (TPSA) is 105 Å². The summed E-state index contributed by atoms with van der Waals surface area (Å²) >= 11 is 0. The van der Waals surface area contributed by atoms with E-state index >= 15 is 0 Å². The Morgan fingerprint density at radius 3 is 2.80 bits per heavy atom. The van der Waals surface area contributed by atoms with Gasteiger partial charge in [0.15, 0.2) is 5.82 Å². The van der Waals surface area contributed by atoms with E-state index in [1.807, 2.05) is 13.8 Å². The minimum atomic E-state index is -0.113. The van der Waals surface area contributed by atoms with Crippen LogP contribution in [0.25, 0.3) is 11.4 Å². The smallest absolute Gasteiger partial charge is 0.222 e. The van der Waals surface area contributed by atoms with E-state index in [0.717, 1.165) is 0 Å². The van der Waals surface area contributed by atoms with Crippen LogP contribution in [0.4, 0.5) is 5.82 Å². The van der Waals surface area contributed by atoms with Crippen molar-refractivity contribution >= 4 is 5.82 Å². The highest BCUT2D eigenvalue weighted by atomic mass is 16.5. The molecule has 108 valence electrons. The number of aromatic nitrogens is 4. The molecule has 7 nitrogen and oxygen atoms in total. The maximum atomic E-state index is 5.86. The molecule has 0 saturated carbocycles. The van der Waals surface area contributed by atoms with E-state index in [0.29, 0.717) is 36.2 Å². The van der Waals surface area contributed by atoms with Crippen LogP contribution in [-0.2, 0) is 7.05 Å². The molecule has 0 unspecified atom stereocenters. The monoisotopic (exact) mass is 276 g/mol. The summed E-state index contributed by atoms with van der Waals surface area (Å²) in [6.07, 6.45) is 3.28. The minimum absolute atomic E-state index is 0.113. The van der Waals surface area contributed by atoms with Crippen molar-refractivity contribution in [2.24, 2.45) is 18.2 Å². The molecular formula is C13H20N6O. The van der Waals surface area contributed by atoms with Crippen molar-refractivity contribution in [3.8, 4) is 17.3 Å². The van der Waals surface area contributed by atoms with Gasteiger partial charge in [0.1, 0.15) is 11.4 Å². The van der Waals surface area contributed by atoms with E-state index in [2.05, 4.69) is 15.1 Å². The van der Waals surface area contributed by atoms with E-state index < -0.39 is 0 Å². The normalized spacial score (nSPS) is 11.6. The molecule has 2 aromatic heterocycles. The Bertz CT molecular complexity index is 592. The third-order valence-electron chi connectivity index (χ3n) is 2.95. The first kappa shape index (κ1) is 14.3. The van der Waals surface area contributed by atoms with Crippen molar-refractivity contribution in [3.63, 3.8) is 0 Å². The molecule has 0 amide bonds. The summed E-state index contributed by atoms with van der Waals surface area (Å²) in [5.74, 6) is 1.52. The Balaban J connectivity index is 2.28. The second-order valence-electron chi connectivity index (χ2n) is 5.45. The van der Waals surface area contributed by atoms with E-state index in [1.165, 1.54) is 0 Å². The predicted octanol–water partition coefficient (Wildman–Crippen LogP) is 0.823. The molecule has 4 N–H and O–H groups in total. The fourth-order valence-corrected chi connectivity index (χ4v) is 1.58. The highest BCUT2D eigenvalue weighted by molar-refractivity contribution is 5.61. The predicted molar refractivity (Wildman–Crippen MR) is 77.0 cm³/mol. The Morgan fingerprint density at radius 2 is 2.15 bits per heavy atom. The summed E-state index contributed by atoms with van der Waals surface area (Å²) in [7, 11) is 1.81. The maximum Gasteiger partial charge on any atom is 0.222 e. The number of anilines is 1. The Hall–Kier alpha value is -2.15. The molecule has 0 fully saturated rings. The second kappa shape index (κ2) is 5.46. The lowest BCUT2D eigenvalue weighted by Gasteiger charge is -2.22. The zero-order valence-electron chi connectivity index (χ0n) is 12.0. The number of nitrogens with zero attached hydrogens (tertiary/aromatic N) is 4. The molecule has 0 saturated heterocycles. The van der Waals surface area contributed by atoms with Crippen LogP contribution in [-0.4, -0.2) is 32.9 Å². The molecule has 0 aromatic carbocycles. The summed E-state index contributed by atoms with van der Waals surface area (Å²) in [6.45, 7) is 5.10. The Morgan fingerprint density at radius 1 is 1.40 bits per heavy atom. The largest absolute Gasteiger partial charge is 0.477 e. The lowest BCUT2D eigenvalue weighted by Crippen LogP contribution is -2.30. The van der Waals surface area contributed by atoms with Crippen LogP contribution in [0.2, 0.25) is 0 Å². The van der Waals surface area contributed by atoms with Crippen molar-refractivity contribution in [3.05, 3.63) is 18.5 Å². The number of rotatable bonds is 5. The summed E-state index contributed by atoms with van der Waals surface area (Å²) in [6, 6.07) is 1.64. The highest BCUT2D eigenvalue weighted by Crippen LogP contribution is 2.28. The number of hydrogen-bond donors (Lipinski definition) is 2. The number of nitrogen functional groups attached to an aromatic ring is 1. The molecule has 20 heavy (non-hydrogen) atoms. The Labute approximate surface area is 118 Å². The van der Waals surface area contributed by atoms with Crippen LogP contribution in [0, 0.1) is 5.41 Å². The van der Waals surface area contributed by atoms with Crippen molar-refractivity contribution in [2.75, 3.05) is 18.9 Å². The van der Waals surface area contributed by atoms with E-state index in [1.54, 1.807) is 30.2 Å². The zero-order valence-corrected chi connectivity index (χ0v) is 12.0. The molecule has 0 radical (unpaired) electrons. The third-order valence-corrected chi connectivity index (χ3v) is 2.95. The fourth-order valence-electron chi connectivity index (χ4n) is 1.58. The van der Waals surface area contributed by atoms with Crippen molar-refractivity contribution in [1.82, 2.24) is 19.7 Å². The lowest BCUT2D eigenvalue weighted by molar-refractivity contribution is 0.175. The summed E-state index contributed by atoms with van der Waals surface area (Å²) in [4.78, 5) is 8.39. The van der Waals surface area contributed by atoms with Gasteiger partial charge in [0.25, 0.3) is 0 Å². The van der Waals surface area contributed by atoms with Gasteiger partial charge >= 0.3 is 0 Å². The molecule has 0 aliphatic carbocycles. The molecule has 0 spiro atoms. The van der Waals surface area contributed by atoms with Gasteiger partial charge in [-0.1, -0.05) is 13.8 Å². The van der Waals surface area contributed by atoms with Crippen LogP contribution in [0.15, 0.2) is 18.5 Å². The molecule has 7 heteroatoms. The quantitative estimate of drug-likeness (QED) is 0.837. The van der Waals surface area contributed by atoms with Gasteiger partial charge in [-0.2, -0.15) is 5.10 Å². The van der Waals surface area contributed by atoms with Gasteiger partial charge in [0, 0.05) is 25.2 Å². The van der Waals surface area contributed by atoms with Crippen LogP contribution in [0.1, 0.15) is 13.8 Å². The number of ether oxygens (including phenoxy) is 1. The molecular weight excluding hydrogens is 256 g/mol. The first-order chi connectivity index (χ1) is 9.43. The summed E-state index contributed by atoms with van der Waals surface area (Å²) in [5, 5.41) is 4.19. The summed E-state index contributed by atoms with van der Waals surface area (Å²) < 4.78 is 7.50. The number of aryl methyl sites for hydroxylation is 1. The number of nitrogens with two attached hydrogens (primary N) is 2. The van der Waals surface area contributed by atoms with E-state index in [-0.39, 0.29) is 5.41 Å². The molecule has 0 atom stereocenters. The van der Waals surface area contributed by atoms with Crippen LogP contribution >= 0.6 is 0 Å². The molecule has 2 heterocycles. The second-order valence-corrected chi connectivity index (χ2v) is 5.45. The molecule has 2 aromatic rings. The summed E-state index contributed by atoms with van der Waals surface area (Å²) in [5.41, 5.74) is 12.0. The maximum absolute atomic E-state index is 5.86. The Kier molecular flexibility index (Phi) is 3.89. The standard InChI is InChI=1S/C13H20N6O/c1-13(2,7-14)8-20-12-9(6-17-19(12)3)11-16-5-4-10(15)18-11/h4-6H,7-8,14H2,1-3H3,(H2,15,16,18). The van der Waals surface area contributed by atoms with Crippen LogP contribution in [0.5, 0.6) is 5.88 Å². The first-order valence-electron chi connectivity index (χ1n) is 6.37. The van der Waals surface area contributed by atoms with Crippen molar-refractivity contribution < 1.29 is 4.74 Å². The van der Waals surface area contributed by atoms with Crippen LogP contribution < -0.4 is 16.2 Å². The van der Waals surface area contributed by atoms with Gasteiger partial charge < -0.3 is 16.2 Å². The highest BCUT2D eigenvalue weighted by Gasteiger charge is 2.20. The third kappa shape index (κ3) is 3.05. The van der Waals surface area contributed by atoms with Crippen molar-refractivity contribution in [1.29, 1.82) is 0 Å². The van der Waals surface area contributed by atoms with Gasteiger partial charge in [0.05, 0.1) is 12.8 Å². The van der Waals surface area contributed by atoms with Gasteiger partial charge in [0.2, 0.25) is 5.88 Å². The lowest BCUT2D eigenvalue weighted by atomic mass is 9.95. The average molecular weight is 276 g/mol. The van der Waals surface area contributed by atoms with Gasteiger partial charge in [-0.05, 0) is 6.07 Å².